The number of nitro groups is 1. The molecule has 0 spiro atoms. The lowest BCUT2D eigenvalue weighted by Gasteiger charge is -2.22. The van der Waals surface area contributed by atoms with E-state index in [1.165, 1.54) is 6.20 Å². The summed E-state index contributed by atoms with van der Waals surface area (Å²) in [5.74, 6) is 0. The Morgan fingerprint density at radius 2 is 2.07 bits per heavy atom. The molecule has 8 nitrogen and oxygen atoms in total. The SMILES string of the molecule is CCC[C@H](CCCCc1ccnc(Cl)c1[N+](=O)[O-])NNC(=O)OC(C)(C)C. The Morgan fingerprint density at radius 3 is 2.67 bits per heavy atom. The highest BCUT2D eigenvalue weighted by Crippen LogP contribution is 2.27. The monoisotopic (exact) mass is 400 g/mol. The lowest BCUT2D eigenvalue weighted by molar-refractivity contribution is -0.385. The lowest BCUT2D eigenvalue weighted by Crippen LogP contribution is -2.46. The Labute approximate surface area is 165 Å². The normalized spacial score (nSPS) is 12.5. The van der Waals surface area contributed by atoms with Crippen molar-refractivity contribution in [2.45, 2.75) is 77.9 Å². The van der Waals surface area contributed by atoms with Gasteiger partial charge >= 0.3 is 11.8 Å². The average Bonchev–Trinajstić information content (AvgIpc) is 2.54. The molecule has 0 aliphatic heterocycles. The van der Waals surface area contributed by atoms with Crippen molar-refractivity contribution in [2.75, 3.05) is 0 Å². The number of nitrogens with one attached hydrogen (secondary N) is 2. The number of hydrogen-bond acceptors (Lipinski definition) is 6. The molecule has 2 N–H and O–H groups in total. The maximum absolute atomic E-state index is 11.7. The number of unbranched alkanes of at least 4 members (excludes halogenated alkanes) is 1. The summed E-state index contributed by atoms with van der Waals surface area (Å²) in [4.78, 5) is 26.2. The van der Waals surface area contributed by atoms with E-state index in [9.17, 15) is 14.9 Å². The molecule has 27 heavy (non-hydrogen) atoms. The first-order valence-electron chi connectivity index (χ1n) is 9.16. The fraction of sp³-hybridized carbons (Fsp3) is 0.667. The zero-order chi connectivity index (χ0) is 20.4. The smallest absolute Gasteiger partial charge is 0.422 e. The quantitative estimate of drug-likeness (QED) is 0.258. The second-order valence-corrected chi connectivity index (χ2v) is 7.73. The zero-order valence-corrected chi connectivity index (χ0v) is 17.1. The van der Waals surface area contributed by atoms with Crippen molar-refractivity contribution in [3.8, 4) is 0 Å². The van der Waals surface area contributed by atoms with Crippen LogP contribution in [0.2, 0.25) is 5.15 Å². The number of carbonyl (C=O) groups is 1. The highest BCUT2D eigenvalue weighted by molar-refractivity contribution is 6.31. The zero-order valence-electron chi connectivity index (χ0n) is 16.4. The first-order chi connectivity index (χ1) is 12.6. The van der Waals surface area contributed by atoms with Crippen LogP contribution in [-0.4, -0.2) is 27.6 Å². The van der Waals surface area contributed by atoms with Crippen molar-refractivity contribution >= 4 is 23.4 Å². The highest BCUT2D eigenvalue weighted by atomic mass is 35.5. The van der Waals surface area contributed by atoms with Crippen LogP contribution >= 0.6 is 11.6 Å². The molecule has 1 heterocycles. The average molecular weight is 401 g/mol. The topological polar surface area (TPSA) is 106 Å². The third kappa shape index (κ3) is 9.01. The van der Waals surface area contributed by atoms with Gasteiger partial charge in [0.05, 0.1) is 4.92 Å². The van der Waals surface area contributed by atoms with Crippen LogP contribution in [0.25, 0.3) is 0 Å². The summed E-state index contributed by atoms with van der Waals surface area (Å²) in [5.41, 5.74) is 5.53. The summed E-state index contributed by atoms with van der Waals surface area (Å²) in [6.45, 7) is 7.49. The van der Waals surface area contributed by atoms with Gasteiger partial charge in [-0.1, -0.05) is 31.4 Å². The van der Waals surface area contributed by atoms with Gasteiger partial charge in [-0.3, -0.25) is 15.5 Å². The van der Waals surface area contributed by atoms with Gasteiger partial charge in [0.25, 0.3) is 0 Å². The van der Waals surface area contributed by atoms with E-state index in [0.29, 0.717) is 12.0 Å². The Morgan fingerprint density at radius 1 is 1.37 bits per heavy atom. The van der Waals surface area contributed by atoms with Gasteiger partial charge in [0.2, 0.25) is 5.15 Å². The van der Waals surface area contributed by atoms with Crippen molar-refractivity contribution in [2.24, 2.45) is 0 Å². The number of aryl methyl sites for hydroxylation is 1. The molecule has 0 aromatic carbocycles. The predicted molar refractivity (Wildman–Crippen MR) is 105 cm³/mol. The minimum absolute atomic E-state index is 0.0791. The molecule has 0 radical (unpaired) electrons. The minimum atomic E-state index is -0.549. The highest BCUT2D eigenvalue weighted by Gasteiger charge is 2.20. The number of amides is 1. The number of rotatable bonds is 10. The van der Waals surface area contributed by atoms with Crippen LogP contribution in [-0.2, 0) is 11.2 Å². The second kappa shape index (κ2) is 11.0. The van der Waals surface area contributed by atoms with Gasteiger partial charge in [-0.25, -0.2) is 15.2 Å². The van der Waals surface area contributed by atoms with Crippen LogP contribution in [0.5, 0.6) is 0 Å². The number of hydrazine groups is 1. The predicted octanol–water partition coefficient (Wildman–Crippen LogP) is 4.55. The molecule has 9 heteroatoms. The lowest BCUT2D eigenvalue weighted by atomic mass is 10.0. The number of halogens is 1. The van der Waals surface area contributed by atoms with Gasteiger partial charge in [0, 0.05) is 17.8 Å². The third-order valence-electron chi connectivity index (χ3n) is 3.81. The molecule has 0 aliphatic rings. The second-order valence-electron chi connectivity index (χ2n) is 7.37. The van der Waals surface area contributed by atoms with Gasteiger partial charge in [-0.2, -0.15) is 0 Å². The molecule has 0 saturated heterocycles. The third-order valence-corrected chi connectivity index (χ3v) is 4.09. The molecule has 1 rings (SSSR count). The molecule has 1 aromatic heterocycles. The molecule has 1 atom stereocenters. The molecule has 0 aliphatic carbocycles. The fourth-order valence-electron chi connectivity index (χ4n) is 2.67. The van der Waals surface area contributed by atoms with E-state index in [0.717, 1.165) is 32.1 Å². The van der Waals surface area contributed by atoms with Gasteiger partial charge in [0.1, 0.15) is 5.60 Å². The van der Waals surface area contributed by atoms with E-state index in [-0.39, 0.29) is 16.9 Å². The van der Waals surface area contributed by atoms with Crippen molar-refractivity contribution in [3.05, 3.63) is 33.1 Å². The maximum atomic E-state index is 11.7. The summed E-state index contributed by atoms with van der Waals surface area (Å²) in [5, 5.41) is 11.1. The van der Waals surface area contributed by atoms with Crippen LogP contribution in [0, 0.1) is 10.1 Å². The van der Waals surface area contributed by atoms with E-state index < -0.39 is 16.6 Å². The van der Waals surface area contributed by atoms with Gasteiger partial charge < -0.3 is 4.74 Å². The molecular formula is C18H29ClN4O4. The standard InChI is InChI=1S/C18H29ClN4O4/c1-5-8-14(21-22-17(24)27-18(2,3)4)10-7-6-9-13-11-12-20-16(19)15(13)23(25)26/h11-12,14,21H,5-10H2,1-4H3,(H,22,24)/t14-/m1/s1. The Hall–Kier alpha value is -1.93. The number of aromatic nitrogens is 1. The molecule has 1 aromatic rings. The van der Waals surface area contributed by atoms with E-state index in [4.69, 9.17) is 16.3 Å². The van der Waals surface area contributed by atoms with Crippen LogP contribution in [0.4, 0.5) is 10.5 Å². The number of nitrogens with zero attached hydrogens (tertiary/aromatic N) is 2. The first kappa shape index (κ1) is 23.1. The fourth-order valence-corrected chi connectivity index (χ4v) is 2.91. The molecule has 0 saturated carbocycles. The van der Waals surface area contributed by atoms with Gasteiger partial charge in [-0.05, 0) is 52.5 Å². The van der Waals surface area contributed by atoms with E-state index in [1.54, 1.807) is 26.8 Å². The summed E-state index contributed by atoms with van der Waals surface area (Å²) in [7, 11) is 0. The summed E-state index contributed by atoms with van der Waals surface area (Å²) in [6.07, 6.45) is 5.85. The largest absolute Gasteiger partial charge is 0.443 e. The minimum Gasteiger partial charge on any atom is -0.443 e. The first-order valence-corrected chi connectivity index (χ1v) is 9.54. The number of hydrogen-bond donors (Lipinski definition) is 2. The number of ether oxygens (including phenoxy) is 1. The Kier molecular flexibility index (Phi) is 9.45. The molecule has 152 valence electrons. The Balaban J connectivity index is 2.46. The van der Waals surface area contributed by atoms with Crippen molar-refractivity contribution in [1.82, 2.24) is 15.8 Å². The van der Waals surface area contributed by atoms with Crippen molar-refractivity contribution < 1.29 is 14.5 Å². The number of carbonyl (C=O) groups excluding carboxylic acids is 1. The van der Waals surface area contributed by atoms with E-state index in [2.05, 4.69) is 22.8 Å². The van der Waals surface area contributed by atoms with E-state index >= 15 is 0 Å². The molecule has 1 amide bonds. The van der Waals surface area contributed by atoms with Gasteiger partial charge in [0.15, 0.2) is 0 Å². The van der Waals surface area contributed by atoms with Crippen LogP contribution in [0.15, 0.2) is 12.3 Å². The molecule has 0 bridgehead atoms. The molecule has 0 unspecified atom stereocenters. The van der Waals surface area contributed by atoms with Crippen LogP contribution in [0.3, 0.4) is 0 Å². The molecular weight excluding hydrogens is 372 g/mol. The summed E-state index contributed by atoms with van der Waals surface area (Å²) < 4.78 is 5.20. The molecule has 0 fully saturated rings. The maximum Gasteiger partial charge on any atom is 0.422 e. The van der Waals surface area contributed by atoms with Gasteiger partial charge in [-0.15, -0.1) is 0 Å². The van der Waals surface area contributed by atoms with Crippen molar-refractivity contribution in [3.63, 3.8) is 0 Å². The number of pyridine rings is 1. The van der Waals surface area contributed by atoms with E-state index in [1.807, 2.05) is 0 Å². The summed E-state index contributed by atoms with van der Waals surface area (Å²) in [6, 6.07) is 1.74. The Bertz CT molecular complexity index is 634. The van der Waals surface area contributed by atoms with Crippen LogP contribution < -0.4 is 10.9 Å². The van der Waals surface area contributed by atoms with Crippen molar-refractivity contribution in [1.29, 1.82) is 0 Å². The summed E-state index contributed by atoms with van der Waals surface area (Å²) >= 11 is 5.83. The van der Waals surface area contributed by atoms with Crippen LogP contribution in [0.1, 0.15) is 65.4 Å².